The summed E-state index contributed by atoms with van der Waals surface area (Å²) >= 11 is 0. The smallest absolute Gasteiger partial charge is 0.427 e. The van der Waals surface area contributed by atoms with Crippen LogP contribution in [0.2, 0.25) is 6.32 Å². The molecule has 0 spiro atoms. The van der Waals surface area contributed by atoms with Crippen LogP contribution in [0.25, 0.3) is 0 Å². The highest BCUT2D eigenvalue weighted by atomic mass is 16.4. The lowest BCUT2D eigenvalue weighted by atomic mass is 9.83. The summed E-state index contributed by atoms with van der Waals surface area (Å²) in [6.45, 7) is 0.238. The van der Waals surface area contributed by atoms with Gasteiger partial charge < -0.3 is 15.2 Å². The molecule has 0 aliphatic rings. The van der Waals surface area contributed by atoms with Crippen molar-refractivity contribution in [3.8, 4) is 0 Å². The van der Waals surface area contributed by atoms with Crippen molar-refractivity contribution in [1.82, 2.24) is 0 Å². The monoisotopic (exact) mass is 146 g/mol. The van der Waals surface area contributed by atoms with E-state index in [-0.39, 0.29) is 6.61 Å². The van der Waals surface area contributed by atoms with E-state index in [0.29, 0.717) is 6.32 Å². The minimum atomic E-state index is -1.16. The highest BCUT2D eigenvalue weighted by Gasteiger charge is 2.03. The molecule has 0 amide bonds. The van der Waals surface area contributed by atoms with E-state index in [4.69, 9.17) is 15.2 Å². The second-order valence-electron chi connectivity index (χ2n) is 2.41. The predicted molar refractivity (Wildman–Crippen MR) is 40.6 cm³/mol. The first-order valence-corrected chi connectivity index (χ1v) is 3.74. The Morgan fingerprint density at radius 2 is 1.50 bits per heavy atom. The lowest BCUT2D eigenvalue weighted by Gasteiger charge is -1.97. The van der Waals surface area contributed by atoms with Crippen LogP contribution in [-0.4, -0.2) is 28.9 Å². The number of aliphatic hydroxyl groups excluding tert-OH is 1. The van der Waals surface area contributed by atoms with Gasteiger partial charge in [0.05, 0.1) is 0 Å². The minimum absolute atomic E-state index is 0.238. The van der Waals surface area contributed by atoms with Crippen LogP contribution >= 0.6 is 0 Å². The molecule has 60 valence electrons. The summed E-state index contributed by atoms with van der Waals surface area (Å²) in [6.07, 6.45) is 4.05. The van der Waals surface area contributed by atoms with Crippen LogP contribution in [0.1, 0.15) is 25.7 Å². The lowest BCUT2D eigenvalue weighted by molar-refractivity contribution is 0.282. The second-order valence-corrected chi connectivity index (χ2v) is 2.41. The quantitative estimate of drug-likeness (QED) is 0.365. The largest absolute Gasteiger partial charge is 0.451 e. The van der Waals surface area contributed by atoms with Crippen LogP contribution in [0, 0.1) is 0 Å². The number of aliphatic hydroxyl groups is 1. The van der Waals surface area contributed by atoms with Crippen molar-refractivity contribution in [2.45, 2.75) is 32.0 Å². The molecule has 3 N–H and O–H groups in total. The van der Waals surface area contributed by atoms with E-state index in [0.717, 1.165) is 25.7 Å². The van der Waals surface area contributed by atoms with E-state index in [1.165, 1.54) is 0 Å². The zero-order chi connectivity index (χ0) is 7.82. The van der Waals surface area contributed by atoms with E-state index in [2.05, 4.69) is 0 Å². The molecule has 0 aliphatic carbocycles. The van der Waals surface area contributed by atoms with Gasteiger partial charge in [-0.15, -0.1) is 0 Å². The third-order valence-electron chi connectivity index (χ3n) is 1.37. The van der Waals surface area contributed by atoms with E-state index in [1.54, 1.807) is 0 Å². The lowest BCUT2D eigenvalue weighted by Crippen LogP contribution is -2.09. The average molecular weight is 146 g/mol. The van der Waals surface area contributed by atoms with Crippen LogP contribution in [0.15, 0.2) is 0 Å². The van der Waals surface area contributed by atoms with Crippen molar-refractivity contribution >= 4 is 7.12 Å². The zero-order valence-corrected chi connectivity index (χ0v) is 6.16. The first kappa shape index (κ1) is 9.94. The van der Waals surface area contributed by atoms with Gasteiger partial charge >= 0.3 is 7.12 Å². The van der Waals surface area contributed by atoms with Crippen LogP contribution in [0.3, 0.4) is 0 Å². The summed E-state index contributed by atoms with van der Waals surface area (Å²) in [5, 5.41) is 25.2. The van der Waals surface area contributed by atoms with Crippen molar-refractivity contribution in [1.29, 1.82) is 0 Å². The molecule has 0 aliphatic heterocycles. The molecule has 3 nitrogen and oxygen atoms in total. The molecule has 0 saturated heterocycles. The normalized spacial score (nSPS) is 9.90. The highest BCUT2D eigenvalue weighted by molar-refractivity contribution is 6.40. The summed E-state index contributed by atoms with van der Waals surface area (Å²) in [5.41, 5.74) is 0. The van der Waals surface area contributed by atoms with Gasteiger partial charge in [-0.25, -0.2) is 0 Å². The van der Waals surface area contributed by atoms with Crippen molar-refractivity contribution < 1.29 is 15.2 Å². The third kappa shape index (κ3) is 7.94. The molecule has 0 heterocycles. The van der Waals surface area contributed by atoms with Crippen LogP contribution < -0.4 is 0 Å². The van der Waals surface area contributed by atoms with Gasteiger partial charge in [-0.2, -0.15) is 0 Å². The molecular weight excluding hydrogens is 131 g/mol. The number of hydrogen-bond donors (Lipinski definition) is 3. The zero-order valence-electron chi connectivity index (χ0n) is 6.16. The first-order valence-electron chi connectivity index (χ1n) is 3.74. The molecule has 0 radical (unpaired) electrons. The van der Waals surface area contributed by atoms with Gasteiger partial charge in [0.1, 0.15) is 0 Å². The fraction of sp³-hybridized carbons (Fsp3) is 1.00. The van der Waals surface area contributed by atoms with Crippen molar-refractivity contribution in [2.24, 2.45) is 0 Å². The molecule has 0 rings (SSSR count). The molecular formula is C6H15BO3. The Balaban J connectivity index is 2.77. The molecule has 4 heteroatoms. The Morgan fingerprint density at radius 3 is 2.00 bits per heavy atom. The number of rotatable bonds is 6. The summed E-state index contributed by atoms with van der Waals surface area (Å²) < 4.78 is 0. The summed E-state index contributed by atoms with van der Waals surface area (Å²) in [6, 6.07) is 0. The molecule has 0 saturated carbocycles. The topological polar surface area (TPSA) is 60.7 Å². The van der Waals surface area contributed by atoms with Gasteiger partial charge in [-0.1, -0.05) is 19.3 Å². The fourth-order valence-electron chi connectivity index (χ4n) is 0.792. The van der Waals surface area contributed by atoms with Gasteiger partial charge in [-0.3, -0.25) is 0 Å². The van der Waals surface area contributed by atoms with Crippen molar-refractivity contribution in [2.75, 3.05) is 6.61 Å². The Labute approximate surface area is 61.8 Å². The van der Waals surface area contributed by atoms with Crippen molar-refractivity contribution in [3.05, 3.63) is 0 Å². The summed E-state index contributed by atoms with van der Waals surface area (Å²) in [7, 11) is -1.16. The molecule has 0 aromatic heterocycles. The maximum absolute atomic E-state index is 8.42. The SMILES string of the molecule is OCCCCCCB(O)O. The van der Waals surface area contributed by atoms with E-state index >= 15 is 0 Å². The summed E-state index contributed by atoms with van der Waals surface area (Å²) in [4.78, 5) is 0. The standard InChI is InChI=1S/C6H15BO3/c8-6-4-2-1-3-5-7(9)10/h8-10H,1-6H2. The van der Waals surface area contributed by atoms with Crippen LogP contribution in [0.4, 0.5) is 0 Å². The maximum atomic E-state index is 8.42. The molecule has 0 unspecified atom stereocenters. The van der Waals surface area contributed by atoms with E-state index < -0.39 is 7.12 Å². The van der Waals surface area contributed by atoms with Gasteiger partial charge in [0, 0.05) is 6.61 Å². The Morgan fingerprint density at radius 1 is 0.900 bits per heavy atom. The fourth-order valence-corrected chi connectivity index (χ4v) is 0.792. The Kier molecular flexibility index (Phi) is 7.02. The Bertz CT molecular complexity index is 68.0. The van der Waals surface area contributed by atoms with Crippen LogP contribution in [-0.2, 0) is 0 Å². The van der Waals surface area contributed by atoms with E-state index in [1.807, 2.05) is 0 Å². The molecule has 0 atom stereocenters. The first-order chi connectivity index (χ1) is 4.77. The van der Waals surface area contributed by atoms with Gasteiger partial charge in [-0.05, 0) is 12.7 Å². The highest BCUT2D eigenvalue weighted by Crippen LogP contribution is 2.03. The van der Waals surface area contributed by atoms with Gasteiger partial charge in [0.2, 0.25) is 0 Å². The van der Waals surface area contributed by atoms with Gasteiger partial charge in [0.25, 0.3) is 0 Å². The second kappa shape index (κ2) is 7.06. The van der Waals surface area contributed by atoms with Crippen molar-refractivity contribution in [3.63, 3.8) is 0 Å². The molecule has 10 heavy (non-hydrogen) atoms. The van der Waals surface area contributed by atoms with Crippen LogP contribution in [0.5, 0.6) is 0 Å². The third-order valence-corrected chi connectivity index (χ3v) is 1.37. The minimum Gasteiger partial charge on any atom is -0.427 e. The van der Waals surface area contributed by atoms with E-state index in [9.17, 15) is 0 Å². The molecule has 0 aromatic rings. The predicted octanol–water partition coefficient (Wildman–Crippen LogP) is 0.0119. The molecule has 0 fully saturated rings. The average Bonchev–Trinajstić information content (AvgIpc) is 1.87. The maximum Gasteiger partial charge on any atom is 0.451 e. The van der Waals surface area contributed by atoms with Gasteiger partial charge in [0.15, 0.2) is 0 Å². The number of hydrogen-bond acceptors (Lipinski definition) is 3. The Hall–Kier alpha value is -0.0551. The molecule has 0 aromatic carbocycles. The summed E-state index contributed by atoms with van der Waals surface area (Å²) in [5.74, 6) is 0. The molecule has 0 bridgehead atoms. The number of unbranched alkanes of at least 4 members (excludes halogenated alkanes) is 3.